The summed E-state index contributed by atoms with van der Waals surface area (Å²) >= 11 is 0. The van der Waals surface area contributed by atoms with Crippen molar-refractivity contribution in [2.24, 2.45) is 5.73 Å². The van der Waals surface area contributed by atoms with Gasteiger partial charge in [-0.25, -0.2) is 9.67 Å². The molecule has 1 aromatic carbocycles. The Morgan fingerprint density at radius 3 is 2.62 bits per heavy atom. The van der Waals surface area contributed by atoms with Gasteiger partial charge in [-0.15, -0.1) is 5.10 Å². The van der Waals surface area contributed by atoms with Crippen LogP contribution < -0.4 is 11.0 Å². The lowest BCUT2D eigenvalue weighted by Gasteiger charge is -2.17. The highest BCUT2D eigenvalue weighted by molar-refractivity contribution is 7.61. The molecule has 0 spiro atoms. The van der Waals surface area contributed by atoms with Gasteiger partial charge in [0.25, 0.3) is 5.91 Å². The van der Waals surface area contributed by atoms with Gasteiger partial charge in [-0.05, 0) is 12.1 Å². The Hall–Kier alpha value is -2.14. The van der Waals surface area contributed by atoms with Gasteiger partial charge in [0.15, 0.2) is 6.23 Å². The summed E-state index contributed by atoms with van der Waals surface area (Å²) in [6.45, 7) is -0.450. The highest BCUT2D eigenvalue weighted by Gasteiger charge is 2.45. The van der Waals surface area contributed by atoms with E-state index in [0.29, 0.717) is 0 Å². The van der Waals surface area contributed by atoms with Crippen LogP contribution in [-0.2, 0) is 13.8 Å². The second kappa shape index (κ2) is 7.23. The van der Waals surface area contributed by atoms with E-state index in [1.807, 2.05) is 0 Å². The molecule has 5 N–H and O–H groups in total. The monoisotopic (exact) mass is 384 g/mol. The third kappa shape index (κ3) is 3.68. The lowest BCUT2D eigenvalue weighted by atomic mass is 10.1. The first-order valence-electron chi connectivity index (χ1n) is 7.55. The number of rotatable bonds is 6. The van der Waals surface area contributed by atoms with E-state index in [9.17, 15) is 24.5 Å². The Balaban J connectivity index is 1.68. The van der Waals surface area contributed by atoms with Crippen LogP contribution in [0.1, 0.15) is 16.8 Å². The molecule has 2 aromatic rings. The fraction of sp³-hybridized carbons (Fsp3) is 0.357. The molecule has 1 saturated heterocycles. The largest absolute Gasteiger partial charge is 0.387 e. The van der Waals surface area contributed by atoms with E-state index in [1.54, 1.807) is 18.2 Å². The molecule has 1 unspecified atom stereocenters. The summed E-state index contributed by atoms with van der Waals surface area (Å²) in [6.07, 6.45) is -3.96. The number of aliphatic hydroxyl groups is 2. The van der Waals surface area contributed by atoms with Crippen LogP contribution in [0.4, 0.5) is 0 Å². The van der Waals surface area contributed by atoms with Gasteiger partial charge < -0.3 is 30.1 Å². The molecule has 0 saturated carbocycles. The van der Waals surface area contributed by atoms with Gasteiger partial charge in [-0.2, -0.15) is 0 Å². The maximum absolute atomic E-state index is 12.2. The number of benzene rings is 1. The number of carbonyl (C=O) groups is 1. The number of carbonyl (C=O) groups excluding carboxylic acids is 1. The van der Waals surface area contributed by atoms with Crippen molar-refractivity contribution in [2.45, 2.75) is 24.5 Å². The van der Waals surface area contributed by atoms with Crippen LogP contribution in [0.3, 0.4) is 0 Å². The minimum absolute atomic E-state index is 0.0898. The minimum Gasteiger partial charge on any atom is -0.387 e. The zero-order valence-electron chi connectivity index (χ0n) is 13.3. The number of hydrogen-bond donors (Lipinski definition) is 4. The number of aromatic nitrogens is 3. The van der Waals surface area contributed by atoms with Gasteiger partial charge in [0.2, 0.25) is 5.82 Å². The SMILES string of the molecule is NC(=O)c1ncn([C@@H]2O[C@H](COP(=O)(O)c3ccccc3)[C@@H](O)[C@H]2O)n1. The van der Waals surface area contributed by atoms with Gasteiger partial charge in [0.05, 0.1) is 11.9 Å². The third-order valence-electron chi connectivity index (χ3n) is 3.82. The molecule has 140 valence electrons. The van der Waals surface area contributed by atoms with Gasteiger partial charge in [-0.3, -0.25) is 9.36 Å². The van der Waals surface area contributed by atoms with Crippen LogP contribution in [-0.4, -0.2) is 60.7 Å². The number of ether oxygens (including phenoxy) is 1. The molecule has 0 radical (unpaired) electrons. The first kappa shape index (κ1) is 18.6. The first-order chi connectivity index (χ1) is 12.3. The van der Waals surface area contributed by atoms with Crippen molar-refractivity contribution in [3.05, 3.63) is 42.5 Å². The molecule has 0 bridgehead atoms. The number of primary amides is 1. The zero-order valence-corrected chi connectivity index (χ0v) is 14.2. The standard InChI is InChI=1S/C14H17N4O7P/c15-12(21)13-16-7-18(17-13)14-11(20)10(19)9(25-14)6-24-26(22,23)8-4-2-1-3-5-8/h1-5,7,9-11,14,19-20H,6H2,(H2,15,21)(H,22,23)/t9-,10-,11-,14-/m1/s1. The predicted octanol–water partition coefficient (Wildman–Crippen LogP) is -1.48. The highest BCUT2D eigenvalue weighted by atomic mass is 31.2. The molecule has 1 fully saturated rings. The number of hydrogen-bond acceptors (Lipinski definition) is 8. The summed E-state index contributed by atoms with van der Waals surface area (Å²) < 4.78 is 23.8. The zero-order chi connectivity index (χ0) is 18.9. The van der Waals surface area contributed by atoms with Gasteiger partial charge in [-0.1, -0.05) is 18.2 Å². The van der Waals surface area contributed by atoms with Crippen LogP contribution in [0.25, 0.3) is 0 Å². The lowest BCUT2D eigenvalue weighted by molar-refractivity contribution is -0.0562. The van der Waals surface area contributed by atoms with Gasteiger partial charge in [0.1, 0.15) is 24.6 Å². The number of nitrogens with zero attached hydrogens (tertiary/aromatic N) is 3. The predicted molar refractivity (Wildman–Crippen MR) is 86.3 cm³/mol. The fourth-order valence-electron chi connectivity index (χ4n) is 2.46. The molecule has 1 aliphatic heterocycles. The average molecular weight is 384 g/mol. The Labute approximate surface area is 147 Å². The molecule has 12 heteroatoms. The van der Waals surface area contributed by atoms with E-state index in [-0.39, 0.29) is 11.1 Å². The quantitative estimate of drug-likeness (QED) is 0.434. The van der Waals surface area contributed by atoms with Crippen LogP contribution in [0.5, 0.6) is 0 Å². The van der Waals surface area contributed by atoms with Crippen LogP contribution in [0, 0.1) is 0 Å². The maximum Gasteiger partial charge on any atom is 0.358 e. The van der Waals surface area contributed by atoms with Crippen LogP contribution in [0.2, 0.25) is 0 Å². The van der Waals surface area contributed by atoms with E-state index in [4.69, 9.17) is 15.0 Å². The summed E-state index contributed by atoms with van der Waals surface area (Å²) in [5.41, 5.74) is 5.06. The van der Waals surface area contributed by atoms with Crippen molar-refractivity contribution in [3.8, 4) is 0 Å². The average Bonchev–Trinajstić information content (AvgIpc) is 3.21. The molecule has 3 rings (SSSR count). The van der Waals surface area contributed by atoms with Crippen molar-refractivity contribution < 1.29 is 33.7 Å². The second-order valence-corrected chi connectivity index (χ2v) is 7.43. The molecule has 1 amide bonds. The van der Waals surface area contributed by atoms with E-state index in [1.165, 1.54) is 12.1 Å². The van der Waals surface area contributed by atoms with E-state index in [2.05, 4.69) is 10.1 Å². The Bertz CT molecular complexity index is 830. The van der Waals surface area contributed by atoms with Crippen molar-refractivity contribution in [3.63, 3.8) is 0 Å². The van der Waals surface area contributed by atoms with Gasteiger partial charge >= 0.3 is 7.60 Å². The van der Waals surface area contributed by atoms with Crippen molar-refractivity contribution in [2.75, 3.05) is 6.61 Å². The summed E-state index contributed by atoms with van der Waals surface area (Å²) in [4.78, 5) is 24.7. The molecule has 1 aliphatic rings. The smallest absolute Gasteiger partial charge is 0.358 e. The second-order valence-electron chi connectivity index (χ2n) is 5.61. The first-order valence-corrected chi connectivity index (χ1v) is 9.13. The van der Waals surface area contributed by atoms with Gasteiger partial charge in [0, 0.05) is 0 Å². The molecular weight excluding hydrogens is 367 g/mol. The van der Waals surface area contributed by atoms with E-state index in [0.717, 1.165) is 11.0 Å². The summed E-state index contributed by atoms with van der Waals surface area (Å²) in [5.74, 6) is -1.14. The molecular formula is C14H17N4O7P. The van der Waals surface area contributed by atoms with Crippen molar-refractivity contribution >= 4 is 18.8 Å². The maximum atomic E-state index is 12.2. The fourth-order valence-corrected chi connectivity index (χ4v) is 3.51. The molecule has 11 nitrogen and oxygen atoms in total. The minimum atomic E-state index is -4.11. The molecule has 2 heterocycles. The van der Waals surface area contributed by atoms with Crippen molar-refractivity contribution in [1.82, 2.24) is 14.8 Å². The van der Waals surface area contributed by atoms with E-state index >= 15 is 0 Å². The highest BCUT2D eigenvalue weighted by Crippen LogP contribution is 2.42. The molecule has 1 aromatic heterocycles. The number of amides is 1. The van der Waals surface area contributed by atoms with Crippen LogP contribution >= 0.6 is 7.60 Å². The Morgan fingerprint density at radius 2 is 2.00 bits per heavy atom. The summed E-state index contributed by atoms with van der Waals surface area (Å²) in [7, 11) is -4.11. The number of aliphatic hydroxyl groups excluding tert-OH is 2. The topological polar surface area (TPSA) is 170 Å². The third-order valence-corrected chi connectivity index (χ3v) is 5.27. The molecule has 0 aliphatic carbocycles. The molecule has 26 heavy (non-hydrogen) atoms. The van der Waals surface area contributed by atoms with E-state index < -0.39 is 44.6 Å². The molecule has 5 atom stereocenters. The normalized spacial score (nSPS) is 28.0. The summed E-state index contributed by atoms with van der Waals surface area (Å²) in [6, 6.07) is 7.73. The van der Waals surface area contributed by atoms with Crippen LogP contribution in [0.15, 0.2) is 36.7 Å². The number of nitrogens with two attached hydrogens (primary N) is 1. The van der Waals surface area contributed by atoms with Crippen molar-refractivity contribution in [1.29, 1.82) is 0 Å². The Morgan fingerprint density at radius 1 is 1.31 bits per heavy atom. The summed E-state index contributed by atoms with van der Waals surface area (Å²) in [5, 5.41) is 24.0. The Kier molecular flexibility index (Phi) is 5.19. The lowest BCUT2D eigenvalue weighted by Crippen LogP contribution is -2.34.